The zero-order valence-electron chi connectivity index (χ0n) is 15.0. The molecule has 0 saturated heterocycles. The lowest BCUT2D eigenvalue weighted by molar-refractivity contribution is 0.302. The minimum absolute atomic E-state index is 0.132. The second-order valence-corrected chi connectivity index (χ2v) is 7.24. The van der Waals surface area contributed by atoms with E-state index in [9.17, 15) is 8.42 Å². The van der Waals surface area contributed by atoms with Crippen LogP contribution in [0.3, 0.4) is 0 Å². The van der Waals surface area contributed by atoms with Crippen LogP contribution in [0.1, 0.15) is 18.2 Å². The molecule has 0 spiro atoms. The lowest BCUT2D eigenvalue weighted by Crippen LogP contribution is -1.96. The summed E-state index contributed by atoms with van der Waals surface area (Å²) in [5.74, 6) is 1.85. The predicted molar refractivity (Wildman–Crippen MR) is 101 cm³/mol. The van der Waals surface area contributed by atoms with Gasteiger partial charge in [-0.3, -0.25) is 4.55 Å². The molecule has 0 aliphatic rings. The van der Waals surface area contributed by atoms with Crippen LogP contribution >= 0.6 is 0 Å². The summed E-state index contributed by atoms with van der Waals surface area (Å²) in [4.78, 5) is 0. The van der Waals surface area contributed by atoms with Crippen LogP contribution in [0.4, 0.5) is 0 Å². The molecule has 6 nitrogen and oxygen atoms in total. The van der Waals surface area contributed by atoms with E-state index in [1.807, 2.05) is 55.5 Å². The zero-order chi connectivity index (χ0) is 19.4. The minimum Gasteiger partial charge on any atom is -0.494 e. The third-order valence-electron chi connectivity index (χ3n) is 4.00. The monoisotopic (exact) mass is 388 g/mol. The Bertz CT molecular complexity index is 1000. The predicted octanol–water partition coefficient (Wildman–Crippen LogP) is 4.48. The summed E-state index contributed by atoms with van der Waals surface area (Å²) in [5, 5.41) is -0.482. The molecule has 3 aromatic rings. The van der Waals surface area contributed by atoms with Gasteiger partial charge >= 0.3 is 10.1 Å². The van der Waals surface area contributed by atoms with Crippen molar-refractivity contribution in [3.8, 4) is 22.6 Å². The van der Waals surface area contributed by atoms with Crippen molar-refractivity contribution in [2.45, 2.75) is 25.5 Å². The summed E-state index contributed by atoms with van der Waals surface area (Å²) >= 11 is 0. The van der Waals surface area contributed by atoms with E-state index < -0.39 is 15.2 Å². The van der Waals surface area contributed by atoms with Crippen molar-refractivity contribution in [1.82, 2.24) is 0 Å². The molecule has 0 bridgehead atoms. The Morgan fingerprint density at radius 2 is 1.44 bits per heavy atom. The van der Waals surface area contributed by atoms with Gasteiger partial charge in [-0.05, 0) is 49.2 Å². The van der Waals surface area contributed by atoms with Crippen molar-refractivity contribution < 1.29 is 26.9 Å². The van der Waals surface area contributed by atoms with E-state index in [1.165, 1.54) is 6.07 Å². The standard InChI is InChI=1S/C20H20O6S/c1-3-24-18-8-4-15(5-9-18)16-6-10-19(11-7-16)25-13-17-12-20(26-14(17)2)27(21,22)23/h4-12H,3,13H2,1-2H3,(H,21,22,23). The molecule has 0 aliphatic carbocycles. The Balaban J connectivity index is 1.67. The normalized spacial score (nSPS) is 11.4. The van der Waals surface area contributed by atoms with Crippen LogP contribution in [0.2, 0.25) is 0 Å². The smallest absolute Gasteiger partial charge is 0.328 e. The van der Waals surface area contributed by atoms with Gasteiger partial charge in [0.05, 0.1) is 6.61 Å². The third-order valence-corrected chi connectivity index (χ3v) is 4.71. The highest BCUT2D eigenvalue weighted by Crippen LogP contribution is 2.26. The van der Waals surface area contributed by atoms with Crippen molar-refractivity contribution in [3.63, 3.8) is 0 Å². The molecule has 0 unspecified atom stereocenters. The topological polar surface area (TPSA) is 86.0 Å². The van der Waals surface area contributed by atoms with Gasteiger partial charge in [0.2, 0.25) is 5.09 Å². The fourth-order valence-electron chi connectivity index (χ4n) is 2.58. The molecule has 0 fully saturated rings. The fraction of sp³-hybridized carbons (Fsp3) is 0.200. The van der Waals surface area contributed by atoms with Crippen molar-refractivity contribution in [2.24, 2.45) is 0 Å². The molecule has 1 heterocycles. The van der Waals surface area contributed by atoms with Crippen molar-refractivity contribution in [3.05, 3.63) is 65.9 Å². The molecule has 7 heteroatoms. The molecule has 0 saturated carbocycles. The average molecular weight is 388 g/mol. The molecule has 142 valence electrons. The van der Waals surface area contributed by atoms with Crippen molar-refractivity contribution in [2.75, 3.05) is 6.61 Å². The summed E-state index contributed by atoms with van der Waals surface area (Å²) in [7, 11) is -4.36. The van der Waals surface area contributed by atoms with E-state index in [2.05, 4.69) is 0 Å². The lowest BCUT2D eigenvalue weighted by Gasteiger charge is -2.08. The number of hydrogen-bond acceptors (Lipinski definition) is 5. The molecule has 0 atom stereocenters. The Hall–Kier alpha value is -2.77. The SMILES string of the molecule is CCOc1ccc(-c2ccc(OCc3cc(S(=O)(=O)O)oc3C)cc2)cc1. The third kappa shape index (κ3) is 4.69. The van der Waals surface area contributed by atoms with Crippen LogP contribution in [0.5, 0.6) is 11.5 Å². The number of benzene rings is 2. The summed E-state index contributed by atoms with van der Waals surface area (Å²) in [6.45, 7) is 4.32. The van der Waals surface area contributed by atoms with Gasteiger partial charge in [0.15, 0.2) is 0 Å². The Morgan fingerprint density at radius 3 is 1.89 bits per heavy atom. The fourth-order valence-corrected chi connectivity index (χ4v) is 3.10. The first-order chi connectivity index (χ1) is 12.9. The molecule has 0 radical (unpaired) electrons. The largest absolute Gasteiger partial charge is 0.494 e. The molecular formula is C20H20O6S. The highest BCUT2D eigenvalue weighted by molar-refractivity contribution is 7.85. The number of ether oxygens (including phenoxy) is 2. The minimum atomic E-state index is -4.36. The van der Waals surface area contributed by atoms with Crippen molar-refractivity contribution in [1.29, 1.82) is 0 Å². The van der Waals surface area contributed by atoms with Gasteiger partial charge in [-0.2, -0.15) is 8.42 Å². The van der Waals surface area contributed by atoms with E-state index in [0.717, 1.165) is 16.9 Å². The van der Waals surface area contributed by atoms with Crippen molar-refractivity contribution >= 4 is 10.1 Å². The maximum atomic E-state index is 11.1. The van der Waals surface area contributed by atoms with Crippen LogP contribution in [0, 0.1) is 6.92 Å². The van der Waals surface area contributed by atoms with Gasteiger partial charge in [-0.15, -0.1) is 0 Å². The molecular weight excluding hydrogens is 368 g/mol. The maximum Gasteiger partial charge on any atom is 0.328 e. The molecule has 0 amide bonds. The van der Waals surface area contributed by atoms with E-state index >= 15 is 0 Å². The molecule has 2 aromatic carbocycles. The summed E-state index contributed by atoms with van der Waals surface area (Å²) in [6, 6.07) is 16.7. The van der Waals surface area contributed by atoms with Crippen LogP contribution in [0.25, 0.3) is 11.1 Å². The first-order valence-electron chi connectivity index (χ1n) is 8.39. The van der Waals surface area contributed by atoms with Crippen LogP contribution in [-0.4, -0.2) is 19.6 Å². The maximum absolute atomic E-state index is 11.1. The first-order valence-corrected chi connectivity index (χ1v) is 9.83. The Morgan fingerprint density at radius 1 is 0.926 bits per heavy atom. The molecule has 1 N–H and O–H groups in total. The highest BCUT2D eigenvalue weighted by Gasteiger charge is 2.18. The van der Waals surface area contributed by atoms with E-state index in [4.69, 9.17) is 18.4 Å². The van der Waals surface area contributed by atoms with Crippen LogP contribution in [0.15, 0.2) is 64.1 Å². The molecule has 0 aliphatic heterocycles. The highest BCUT2D eigenvalue weighted by atomic mass is 32.2. The number of aryl methyl sites for hydroxylation is 1. The molecule has 3 rings (SSSR count). The van der Waals surface area contributed by atoms with E-state index in [-0.39, 0.29) is 6.61 Å². The molecule has 27 heavy (non-hydrogen) atoms. The van der Waals surface area contributed by atoms with E-state index in [1.54, 1.807) is 6.92 Å². The van der Waals surface area contributed by atoms with Crippen LogP contribution < -0.4 is 9.47 Å². The van der Waals surface area contributed by atoms with Gasteiger partial charge in [0.1, 0.15) is 23.9 Å². The first kappa shape index (κ1) is 19.0. The number of rotatable bonds is 7. The van der Waals surface area contributed by atoms with Gasteiger partial charge in [-0.25, -0.2) is 0 Å². The van der Waals surface area contributed by atoms with Gasteiger partial charge in [-0.1, -0.05) is 24.3 Å². The molecule has 1 aromatic heterocycles. The van der Waals surface area contributed by atoms with Gasteiger partial charge in [0, 0.05) is 11.6 Å². The summed E-state index contributed by atoms with van der Waals surface area (Å²) in [5.41, 5.74) is 2.66. The zero-order valence-corrected chi connectivity index (χ0v) is 15.8. The summed E-state index contributed by atoms with van der Waals surface area (Å²) in [6.07, 6.45) is 0. The van der Waals surface area contributed by atoms with E-state index in [0.29, 0.717) is 23.7 Å². The quantitative estimate of drug-likeness (QED) is 0.601. The van der Waals surface area contributed by atoms with Gasteiger partial charge < -0.3 is 13.9 Å². The second-order valence-electron chi connectivity index (χ2n) is 5.89. The summed E-state index contributed by atoms with van der Waals surface area (Å²) < 4.78 is 47.4. The van der Waals surface area contributed by atoms with Crippen LogP contribution in [-0.2, 0) is 16.7 Å². The average Bonchev–Trinajstić information content (AvgIpc) is 3.03. The van der Waals surface area contributed by atoms with Gasteiger partial charge in [0.25, 0.3) is 0 Å². The second kappa shape index (κ2) is 7.85. The Kier molecular flexibility index (Phi) is 5.53. The lowest BCUT2D eigenvalue weighted by atomic mass is 10.1. The number of furan rings is 1. The Labute approximate surface area is 158 Å². The number of hydrogen-bond donors (Lipinski definition) is 1.